The lowest BCUT2D eigenvalue weighted by Gasteiger charge is -2.28. The maximum absolute atomic E-state index is 12.6. The average molecular weight is 364 g/mol. The molecule has 2 amide bonds. The zero-order valence-electron chi connectivity index (χ0n) is 16.8. The highest BCUT2D eigenvalue weighted by molar-refractivity contribution is 5.86. The second-order valence-corrected chi connectivity index (χ2v) is 8.29. The highest BCUT2D eigenvalue weighted by Crippen LogP contribution is 2.21. The number of nitrogens with zero attached hydrogens (tertiary/aromatic N) is 3. The Labute approximate surface area is 156 Å². The van der Waals surface area contributed by atoms with Crippen LogP contribution < -0.4 is 5.32 Å². The number of aryl methyl sites for hydroxylation is 2. The molecule has 0 bridgehead atoms. The van der Waals surface area contributed by atoms with Crippen molar-refractivity contribution in [2.75, 3.05) is 13.1 Å². The summed E-state index contributed by atoms with van der Waals surface area (Å²) < 4.78 is 7.38. The third-order valence-corrected chi connectivity index (χ3v) is 4.40. The third-order valence-electron chi connectivity index (χ3n) is 4.40. The van der Waals surface area contributed by atoms with E-state index in [2.05, 4.69) is 17.3 Å². The molecule has 1 saturated heterocycles. The number of carbonyl (C=O) groups excluding carboxylic acids is 2. The predicted octanol–water partition coefficient (Wildman–Crippen LogP) is 2.65. The Balaban J connectivity index is 1.86. The van der Waals surface area contributed by atoms with Crippen molar-refractivity contribution < 1.29 is 14.3 Å². The Morgan fingerprint density at radius 3 is 2.65 bits per heavy atom. The first-order valence-electron chi connectivity index (χ1n) is 9.35. The molecule has 1 aliphatic heterocycles. The van der Waals surface area contributed by atoms with Gasteiger partial charge >= 0.3 is 6.09 Å². The summed E-state index contributed by atoms with van der Waals surface area (Å²) in [7, 11) is 0. The van der Waals surface area contributed by atoms with Crippen LogP contribution in [0.3, 0.4) is 0 Å². The van der Waals surface area contributed by atoms with E-state index in [0.29, 0.717) is 19.5 Å². The summed E-state index contributed by atoms with van der Waals surface area (Å²) in [5.41, 5.74) is 1.56. The monoisotopic (exact) mass is 364 g/mol. The first kappa shape index (κ1) is 20.3. The van der Waals surface area contributed by atoms with Crippen LogP contribution in [0.1, 0.15) is 51.9 Å². The Kier molecular flexibility index (Phi) is 6.31. The van der Waals surface area contributed by atoms with Crippen molar-refractivity contribution in [3.63, 3.8) is 0 Å². The number of ether oxygens (including phenoxy) is 1. The van der Waals surface area contributed by atoms with E-state index in [4.69, 9.17) is 4.74 Å². The van der Waals surface area contributed by atoms with Gasteiger partial charge in [0.1, 0.15) is 11.6 Å². The van der Waals surface area contributed by atoms with Crippen LogP contribution in [0.15, 0.2) is 6.07 Å². The smallest absolute Gasteiger partial charge is 0.410 e. The van der Waals surface area contributed by atoms with Crippen LogP contribution in [0.5, 0.6) is 0 Å². The minimum absolute atomic E-state index is 0.103. The van der Waals surface area contributed by atoms with Gasteiger partial charge in [-0.1, -0.05) is 6.92 Å². The second-order valence-electron chi connectivity index (χ2n) is 8.29. The molecule has 7 heteroatoms. The molecule has 2 atom stereocenters. The van der Waals surface area contributed by atoms with Crippen LogP contribution in [-0.4, -0.2) is 51.4 Å². The van der Waals surface area contributed by atoms with E-state index < -0.39 is 17.7 Å². The van der Waals surface area contributed by atoms with Gasteiger partial charge in [-0.25, -0.2) is 4.79 Å². The van der Waals surface area contributed by atoms with E-state index in [1.165, 1.54) is 0 Å². The maximum atomic E-state index is 12.6. The van der Waals surface area contributed by atoms with Crippen LogP contribution >= 0.6 is 0 Å². The molecule has 146 valence electrons. The highest BCUT2D eigenvalue weighted by Gasteiger charge is 2.36. The first-order valence-corrected chi connectivity index (χ1v) is 9.35. The van der Waals surface area contributed by atoms with Crippen molar-refractivity contribution in [2.45, 2.75) is 72.6 Å². The summed E-state index contributed by atoms with van der Waals surface area (Å²) in [6.07, 6.45) is 1.08. The van der Waals surface area contributed by atoms with E-state index >= 15 is 0 Å². The fourth-order valence-electron chi connectivity index (χ4n) is 3.19. The van der Waals surface area contributed by atoms with Crippen LogP contribution in [0, 0.1) is 19.8 Å². The largest absolute Gasteiger partial charge is 0.444 e. The molecule has 0 unspecified atom stereocenters. The van der Waals surface area contributed by atoms with Gasteiger partial charge in [-0.15, -0.1) is 0 Å². The maximum Gasteiger partial charge on any atom is 0.410 e. The number of carbonyl (C=O) groups is 2. The fraction of sp³-hybridized carbons (Fsp3) is 0.737. The van der Waals surface area contributed by atoms with E-state index in [9.17, 15) is 9.59 Å². The number of hydrogen-bond acceptors (Lipinski definition) is 4. The summed E-state index contributed by atoms with van der Waals surface area (Å²) in [6.45, 7) is 13.4. The summed E-state index contributed by atoms with van der Waals surface area (Å²) >= 11 is 0. The van der Waals surface area contributed by atoms with E-state index in [1.807, 2.05) is 45.4 Å². The molecule has 0 aromatic carbocycles. The molecule has 2 heterocycles. The lowest BCUT2D eigenvalue weighted by molar-refractivity contribution is -0.125. The minimum Gasteiger partial charge on any atom is -0.444 e. The quantitative estimate of drug-likeness (QED) is 0.871. The number of amides is 2. The number of nitrogens with one attached hydrogen (secondary N) is 1. The Hall–Kier alpha value is -2.05. The van der Waals surface area contributed by atoms with Gasteiger partial charge in [0.15, 0.2) is 0 Å². The number of rotatable bonds is 5. The SMILES string of the molecule is Cc1cc(C)n(C[C@@H](C)CNC(=O)[C@@H]2CCCN2C(=O)OC(C)(C)C)n1. The minimum atomic E-state index is -0.561. The van der Waals surface area contributed by atoms with Crippen molar-refractivity contribution in [3.05, 3.63) is 17.5 Å². The lowest BCUT2D eigenvalue weighted by atomic mass is 10.1. The summed E-state index contributed by atoms with van der Waals surface area (Å²) in [4.78, 5) is 26.4. The van der Waals surface area contributed by atoms with Crippen LogP contribution in [0.4, 0.5) is 4.79 Å². The first-order chi connectivity index (χ1) is 12.1. The number of aromatic nitrogens is 2. The number of likely N-dealkylation sites (tertiary alicyclic amines) is 1. The molecule has 1 aliphatic rings. The van der Waals surface area contributed by atoms with Crippen molar-refractivity contribution in [1.82, 2.24) is 20.0 Å². The molecule has 1 aromatic rings. The van der Waals surface area contributed by atoms with Gasteiger partial charge in [-0.3, -0.25) is 14.4 Å². The summed E-state index contributed by atoms with van der Waals surface area (Å²) in [6, 6.07) is 1.61. The Morgan fingerprint density at radius 2 is 2.08 bits per heavy atom. The van der Waals surface area contributed by atoms with Gasteiger partial charge in [-0.2, -0.15) is 5.10 Å². The van der Waals surface area contributed by atoms with Gasteiger partial charge < -0.3 is 10.1 Å². The summed E-state index contributed by atoms with van der Waals surface area (Å²) in [5, 5.41) is 7.45. The van der Waals surface area contributed by atoms with Crippen LogP contribution in [0.25, 0.3) is 0 Å². The van der Waals surface area contributed by atoms with Gasteiger partial charge in [0, 0.05) is 25.3 Å². The third kappa shape index (κ3) is 5.47. The van der Waals surface area contributed by atoms with E-state index in [0.717, 1.165) is 24.4 Å². The normalized spacial score (nSPS) is 18.7. The molecule has 1 aromatic heterocycles. The highest BCUT2D eigenvalue weighted by atomic mass is 16.6. The zero-order chi connectivity index (χ0) is 19.5. The van der Waals surface area contributed by atoms with E-state index in [1.54, 1.807) is 4.90 Å². The van der Waals surface area contributed by atoms with Gasteiger partial charge in [0.25, 0.3) is 0 Å². The molecule has 2 rings (SSSR count). The molecule has 1 fully saturated rings. The summed E-state index contributed by atoms with van der Waals surface area (Å²) in [5.74, 6) is 0.141. The fourth-order valence-corrected chi connectivity index (χ4v) is 3.19. The van der Waals surface area contributed by atoms with Gasteiger partial charge in [0.05, 0.1) is 5.69 Å². The Morgan fingerprint density at radius 1 is 1.38 bits per heavy atom. The molecule has 0 radical (unpaired) electrons. The molecule has 0 saturated carbocycles. The molecule has 1 N–H and O–H groups in total. The standard InChI is InChI=1S/C19H32N4O3/c1-13(12-23-15(3)10-14(2)21-23)11-20-17(24)16-8-7-9-22(16)18(25)26-19(4,5)6/h10,13,16H,7-9,11-12H2,1-6H3,(H,20,24)/t13-,16-/m0/s1. The van der Waals surface area contributed by atoms with Gasteiger partial charge in [0.2, 0.25) is 5.91 Å². The molecular weight excluding hydrogens is 332 g/mol. The molecule has 26 heavy (non-hydrogen) atoms. The molecule has 0 aliphatic carbocycles. The Bertz CT molecular complexity index is 648. The van der Waals surface area contributed by atoms with Gasteiger partial charge in [-0.05, 0) is 59.4 Å². The lowest BCUT2D eigenvalue weighted by Crippen LogP contribution is -2.48. The van der Waals surface area contributed by atoms with Crippen LogP contribution in [0.2, 0.25) is 0 Å². The predicted molar refractivity (Wildman–Crippen MR) is 99.8 cm³/mol. The van der Waals surface area contributed by atoms with Crippen LogP contribution in [-0.2, 0) is 16.1 Å². The zero-order valence-corrected chi connectivity index (χ0v) is 16.8. The number of hydrogen-bond donors (Lipinski definition) is 1. The molecule has 7 nitrogen and oxygen atoms in total. The average Bonchev–Trinajstić information content (AvgIpc) is 3.10. The molecule has 0 spiro atoms. The molecular formula is C19H32N4O3. The van der Waals surface area contributed by atoms with Crippen molar-refractivity contribution in [1.29, 1.82) is 0 Å². The van der Waals surface area contributed by atoms with Crippen molar-refractivity contribution in [2.24, 2.45) is 5.92 Å². The van der Waals surface area contributed by atoms with Crippen molar-refractivity contribution >= 4 is 12.0 Å². The van der Waals surface area contributed by atoms with E-state index in [-0.39, 0.29) is 11.8 Å². The van der Waals surface area contributed by atoms with Crippen molar-refractivity contribution in [3.8, 4) is 0 Å². The topological polar surface area (TPSA) is 76.5 Å². The second kappa shape index (κ2) is 8.10.